The quantitative estimate of drug-likeness (QED) is 0.265. The maximum atomic E-state index is 13.1. The number of urea groups is 1. The molecule has 0 bridgehead atoms. The van der Waals surface area contributed by atoms with Gasteiger partial charge in [0.25, 0.3) is 0 Å². The summed E-state index contributed by atoms with van der Waals surface area (Å²) in [6.45, 7) is 10.5. The minimum atomic E-state index is -0.747. The number of nitrogens with one attached hydrogen (secondary N) is 2. The van der Waals surface area contributed by atoms with Crippen LogP contribution in [0.4, 0.5) is 10.5 Å². The number of aliphatic hydroxyl groups excluding tert-OH is 1. The number of anilines is 1. The highest BCUT2D eigenvalue weighted by Gasteiger charge is 2.39. The summed E-state index contributed by atoms with van der Waals surface area (Å²) in [5.74, 6) is -0.179. The van der Waals surface area contributed by atoms with Crippen LogP contribution in [0.25, 0.3) is 0 Å². The van der Waals surface area contributed by atoms with Gasteiger partial charge in [0.15, 0.2) is 12.1 Å². The van der Waals surface area contributed by atoms with Gasteiger partial charge < -0.3 is 48.9 Å². The fourth-order valence-corrected chi connectivity index (χ4v) is 6.48. The Labute approximate surface area is 324 Å². The number of carbonyl (C=O) groups excluding carboxylic acids is 2. The molecule has 3 aromatic rings. The van der Waals surface area contributed by atoms with Gasteiger partial charge in [0.1, 0.15) is 0 Å². The molecule has 300 valence electrons. The van der Waals surface area contributed by atoms with E-state index in [4.69, 9.17) is 33.2 Å². The van der Waals surface area contributed by atoms with Gasteiger partial charge in [0.2, 0.25) is 0 Å². The van der Waals surface area contributed by atoms with E-state index in [2.05, 4.69) is 22.5 Å². The summed E-state index contributed by atoms with van der Waals surface area (Å²) in [5, 5.41) is 15.4. The average molecular weight is 764 g/mol. The van der Waals surface area contributed by atoms with Crippen LogP contribution in [0.5, 0.6) is 0 Å². The molecule has 5 atom stereocenters. The predicted octanol–water partition coefficient (Wildman–Crippen LogP) is 4.69. The van der Waals surface area contributed by atoms with Gasteiger partial charge in [-0.05, 0) is 42.2 Å². The van der Waals surface area contributed by atoms with E-state index in [0.29, 0.717) is 97.8 Å². The summed E-state index contributed by atoms with van der Waals surface area (Å²) < 4.78 is 42.1. The molecule has 2 amide bonds. The first-order valence-corrected chi connectivity index (χ1v) is 19.2. The Hall–Kier alpha value is -3.76. The van der Waals surface area contributed by atoms with Crippen LogP contribution in [0.2, 0.25) is 0 Å². The molecule has 0 aliphatic carbocycles. The van der Waals surface area contributed by atoms with Crippen molar-refractivity contribution < 1.29 is 47.9 Å². The standard InChI is InChI=1S/C42H57N3O10/c1-31-39(29-45-15-17-49-19-21-51-23-25-53-26-24-52-22-20-50-18-16-45)54-41(55-40(31)35-13-11-34(30-46)12-14-35)36-9-6-10-37(28-36)43-42(48)44-38(32(2)47)27-33-7-4-3-5-8-33/h3-14,28,31,38-41,46H,15-27,29-30H2,1-2H3,(H2,43,44,48). The summed E-state index contributed by atoms with van der Waals surface area (Å²) >= 11 is 0. The van der Waals surface area contributed by atoms with Crippen molar-refractivity contribution in [1.82, 2.24) is 10.2 Å². The van der Waals surface area contributed by atoms with Gasteiger partial charge in [0.05, 0.1) is 90.9 Å². The zero-order valence-electron chi connectivity index (χ0n) is 32.1. The van der Waals surface area contributed by atoms with Crippen molar-refractivity contribution in [3.8, 4) is 0 Å². The zero-order valence-corrected chi connectivity index (χ0v) is 32.1. The monoisotopic (exact) mass is 763 g/mol. The fourth-order valence-electron chi connectivity index (χ4n) is 6.48. The van der Waals surface area contributed by atoms with Crippen LogP contribution in [0.3, 0.4) is 0 Å². The Morgan fingerprint density at radius 2 is 1.33 bits per heavy atom. The van der Waals surface area contributed by atoms with Gasteiger partial charge in [-0.1, -0.05) is 73.7 Å². The Balaban J connectivity index is 1.29. The number of ketones is 1. The molecular formula is C42H57N3O10. The van der Waals surface area contributed by atoms with Gasteiger partial charge in [-0.3, -0.25) is 9.69 Å². The first kappa shape index (κ1) is 42.4. The molecule has 0 saturated carbocycles. The average Bonchev–Trinajstić information content (AvgIpc) is 3.19. The maximum Gasteiger partial charge on any atom is 0.319 e. The van der Waals surface area contributed by atoms with Crippen molar-refractivity contribution in [2.45, 2.75) is 51.4 Å². The first-order chi connectivity index (χ1) is 26.9. The molecule has 13 heteroatoms. The molecule has 0 aromatic heterocycles. The third-order valence-corrected chi connectivity index (χ3v) is 9.65. The normalized spacial score (nSPS) is 23.5. The molecule has 5 unspecified atom stereocenters. The topological polar surface area (TPSA) is 146 Å². The lowest BCUT2D eigenvalue weighted by molar-refractivity contribution is -0.276. The van der Waals surface area contributed by atoms with Crippen LogP contribution in [-0.4, -0.2) is 120 Å². The number of aliphatic hydroxyl groups is 1. The molecule has 2 aliphatic heterocycles. The second kappa shape index (κ2) is 23.3. The number of nitrogens with zero attached hydrogens (tertiary/aromatic N) is 1. The minimum Gasteiger partial charge on any atom is -0.392 e. The van der Waals surface area contributed by atoms with Crippen LogP contribution in [0, 0.1) is 5.92 Å². The summed E-state index contributed by atoms with van der Waals surface area (Å²) in [7, 11) is 0. The third-order valence-electron chi connectivity index (χ3n) is 9.65. The SMILES string of the molecule is CC(=O)C(Cc1ccccc1)NC(=O)Nc1cccc(C2OC(CN3CCOCCOCCOCCOCCOCC3)C(C)C(c3ccc(CO)cc3)O2)c1. The van der Waals surface area contributed by atoms with E-state index in [0.717, 1.165) is 22.3 Å². The van der Waals surface area contributed by atoms with Crippen LogP contribution in [-0.2, 0) is 51.0 Å². The molecule has 3 N–H and O–H groups in total. The number of amides is 2. The lowest BCUT2D eigenvalue weighted by Gasteiger charge is -2.43. The molecule has 3 aromatic carbocycles. The first-order valence-electron chi connectivity index (χ1n) is 19.2. The third kappa shape index (κ3) is 14.4. The smallest absolute Gasteiger partial charge is 0.319 e. The van der Waals surface area contributed by atoms with Crippen molar-refractivity contribution >= 4 is 17.5 Å². The number of ether oxygens (including phenoxy) is 7. The Morgan fingerprint density at radius 1 is 0.727 bits per heavy atom. The lowest BCUT2D eigenvalue weighted by Crippen LogP contribution is -2.46. The van der Waals surface area contributed by atoms with Crippen molar-refractivity contribution in [2.75, 3.05) is 91.0 Å². The van der Waals surface area contributed by atoms with Crippen molar-refractivity contribution in [3.05, 3.63) is 101 Å². The summed E-state index contributed by atoms with van der Waals surface area (Å²) in [5.41, 5.74) is 4.01. The molecule has 0 spiro atoms. The number of benzene rings is 3. The van der Waals surface area contributed by atoms with Crippen LogP contribution in [0.15, 0.2) is 78.9 Å². The van der Waals surface area contributed by atoms with Gasteiger partial charge in [-0.25, -0.2) is 4.79 Å². The van der Waals surface area contributed by atoms with Gasteiger partial charge >= 0.3 is 6.03 Å². The van der Waals surface area contributed by atoms with E-state index >= 15 is 0 Å². The molecule has 2 aliphatic rings. The highest BCUT2D eigenvalue weighted by Crippen LogP contribution is 2.42. The van der Waals surface area contributed by atoms with E-state index in [1.54, 1.807) is 6.07 Å². The maximum absolute atomic E-state index is 13.1. The van der Waals surface area contributed by atoms with E-state index in [-0.39, 0.29) is 30.5 Å². The van der Waals surface area contributed by atoms with Crippen LogP contribution < -0.4 is 10.6 Å². The van der Waals surface area contributed by atoms with E-state index < -0.39 is 18.4 Å². The predicted molar refractivity (Wildman–Crippen MR) is 207 cm³/mol. The fraction of sp³-hybridized carbons (Fsp3) is 0.524. The molecule has 55 heavy (non-hydrogen) atoms. The van der Waals surface area contributed by atoms with Gasteiger partial charge in [-0.2, -0.15) is 0 Å². The molecule has 0 radical (unpaired) electrons. The molecule has 2 saturated heterocycles. The van der Waals surface area contributed by atoms with Crippen LogP contribution in [0.1, 0.15) is 48.5 Å². The number of Topliss-reactive ketones (excluding diaryl/α,β-unsaturated/α-hetero) is 1. The van der Waals surface area contributed by atoms with Crippen molar-refractivity contribution in [1.29, 1.82) is 0 Å². The van der Waals surface area contributed by atoms with Crippen molar-refractivity contribution in [2.24, 2.45) is 5.92 Å². The van der Waals surface area contributed by atoms with E-state index in [9.17, 15) is 14.7 Å². The number of hydrogen-bond acceptors (Lipinski definition) is 11. The molecule has 5 rings (SSSR count). The number of carbonyl (C=O) groups is 2. The Kier molecular flexibility index (Phi) is 18.0. The molecular weight excluding hydrogens is 706 g/mol. The number of rotatable bonds is 10. The zero-order chi connectivity index (χ0) is 38.7. The Bertz CT molecular complexity index is 1540. The molecule has 13 nitrogen and oxygen atoms in total. The summed E-state index contributed by atoms with van der Waals surface area (Å²) in [4.78, 5) is 27.9. The number of hydrogen-bond donors (Lipinski definition) is 3. The second-order valence-corrected chi connectivity index (χ2v) is 13.8. The van der Waals surface area contributed by atoms with E-state index in [1.807, 2.05) is 72.8 Å². The van der Waals surface area contributed by atoms with Gasteiger partial charge in [0, 0.05) is 36.8 Å². The molecule has 2 fully saturated rings. The highest BCUT2D eigenvalue weighted by atomic mass is 16.7. The largest absolute Gasteiger partial charge is 0.392 e. The lowest BCUT2D eigenvalue weighted by atomic mass is 9.90. The van der Waals surface area contributed by atoms with Crippen molar-refractivity contribution in [3.63, 3.8) is 0 Å². The highest BCUT2D eigenvalue weighted by molar-refractivity contribution is 5.93. The summed E-state index contributed by atoms with van der Waals surface area (Å²) in [6, 6.07) is 23.6. The minimum absolute atomic E-state index is 0.0460. The summed E-state index contributed by atoms with van der Waals surface area (Å²) in [6.07, 6.45) is -0.929. The van der Waals surface area contributed by atoms with Gasteiger partial charge in [-0.15, -0.1) is 0 Å². The van der Waals surface area contributed by atoms with E-state index in [1.165, 1.54) is 6.92 Å². The molecule has 2 heterocycles. The Morgan fingerprint density at radius 3 is 1.91 bits per heavy atom. The van der Waals surface area contributed by atoms with Crippen LogP contribution >= 0.6 is 0 Å². The second-order valence-electron chi connectivity index (χ2n) is 13.8.